The number of carbonyl (C=O) groups excluding carboxylic acids is 1. The number of rotatable bonds is 6. The van der Waals surface area contributed by atoms with E-state index in [-0.39, 0.29) is 16.4 Å². The summed E-state index contributed by atoms with van der Waals surface area (Å²) in [5, 5.41) is 15.4. The van der Waals surface area contributed by atoms with Crippen LogP contribution in [-0.4, -0.2) is 33.0 Å². The molecule has 0 aliphatic heterocycles. The zero-order valence-electron chi connectivity index (χ0n) is 15.7. The number of nitrogens with one attached hydrogen (secondary N) is 1. The molecule has 3 aromatic rings. The van der Waals surface area contributed by atoms with Crippen molar-refractivity contribution in [1.29, 1.82) is 0 Å². The Morgan fingerprint density at radius 1 is 1.31 bits per heavy atom. The van der Waals surface area contributed by atoms with E-state index >= 15 is 0 Å². The van der Waals surface area contributed by atoms with Gasteiger partial charge in [-0.05, 0) is 31.2 Å². The summed E-state index contributed by atoms with van der Waals surface area (Å²) in [6.07, 6.45) is 7.61. The van der Waals surface area contributed by atoms with Crippen LogP contribution in [0.25, 0.3) is 11.1 Å². The van der Waals surface area contributed by atoms with Gasteiger partial charge in [0.25, 0.3) is 5.91 Å². The first-order valence-electron chi connectivity index (χ1n) is 9.32. The Hall–Kier alpha value is -3.13. The highest BCUT2D eigenvalue weighted by Gasteiger charge is 2.58. The number of halogens is 1. The second kappa shape index (κ2) is 6.45. The van der Waals surface area contributed by atoms with E-state index in [0.29, 0.717) is 17.1 Å². The summed E-state index contributed by atoms with van der Waals surface area (Å²) < 4.78 is 7.79. The Balaban J connectivity index is 1.51. The summed E-state index contributed by atoms with van der Waals surface area (Å²) in [4.78, 5) is 11.7. The number of aromatic nitrogens is 4. The maximum Gasteiger partial charge on any atom is 0.271 e. The number of amides is 1. The van der Waals surface area contributed by atoms with Crippen molar-refractivity contribution in [1.82, 2.24) is 20.0 Å². The molecule has 2 aromatic heterocycles. The number of para-hydroxylation sites is 1. The van der Waals surface area contributed by atoms with Gasteiger partial charge in [0.15, 0.2) is 10.8 Å². The van der Waals surface area contributed by atoms with Crippen molar-refractivity contribution in [2.75, 3.05) is 12.4 Å². The number of hydrogen-bond donors (Lipinski definition) is 2. The van der Waals surface area contributed by atoms with Gasteiger partial charge in [-0.1, -0.05) is 23.7 Å². The molecule has 1 amide bonds. The highest BCUT2D eigenvalue weighted by atomic mass is 35.5. The fourth-order valence-electron chi connectivity index (χ4n) is 4.31. The molecule has 8 nitrogen and oxygen atoms in total. The minimum Gasteiger partial charge on any atom is -0.494 e. The lowest BCUT2D eigenvalue weighted by Crippen LogP contribution is -2.59. The number of ether oxygens (including phenoxy) is 1. The van der Waals surface area contributed by atoms with Gasteiger partial charge in [-0.15, -0.1) is 10.2 Å². The number of nitrogens with two attached hydrogens (primary N) is 1. The molecule has 3 saturated carbocycles. The van der Waals surface area contributed by atoms with Crippen LogP contribution in [0.5, 0.6) is 5.75 Å². The SMILES string of the molecule is COc1c(Nc2cc(Cl)nnc2C(N)=O)cccc1-c1cnn(C23CC(C2)C3)c1. The van der Waals surface area contributed by atoms with Gasteiger partial charge in [0, 0.05) is 23.4 Å². The molecule has 0 saturated heterocycles. The quantitative estimate of drug-likeness (QED) is 0.645. The minimum atomic E-state index is -0.702. The van der Waals surface area contributed by atoms with Crippen molar-refractivity contribution in [3.8, 4) is 16.9 Å². The first kappa shape index (κ1) is 17.9. The van der Waals surface area contributed by atoms with Gasteiger partial charge in [-0.25, -0.2) is 0 Å². The lowest BCUT2D eigenvalue weighted by Gasteiger charge is -2.61. The molecule has 29 heavy (non-hydrogen) atoms. The average molecular weight is 411 g/mol. The summed E-state index contributed by atoms with van der Waals surface area (Å²) in [7, 11) is 1.60. The zero-order chi connectivity index (χ0) is 20.2. The summed E-state index contributed by atoms with van der Waals surface area (Å²) in [5.41, 5.74) is 8.50. The molecule has 0 spiro atoms. The number of anilines is 2. The Kier molecular flexibility index (Phi) is 3.99. The highest BCUT2D eigenvalue weighted by molar-refractivity contribution is 6.29. The van der Waals surface area contributed by atoms with Gasteiger partial charge in [0.1, 0.15) is 5.75 Å². The van der Waals surface area contributed by atoms with Crippen LogP contribution in [0.1, 0.15) is 29.8 Å². The fourth-order valence-corrected chi connectivity index (χ4v) is 4.45. The molecule has 3 aliphatic carbocycles. The van der Waals surface area contributed by atoms with E-state index in [1.165, 1.54) is 25.3 Å². The molecule has 3 aliphatic rings. The standard InChI is InChI=1S/C20H19ClN6O2/c1-29-18-13(12-9-23-27(10-12)20-6-11(7-20)8-20)3-2-4-14(18)24-15-5-16(21)25-26-17(15)19(22)28/h2-5,9-11H,6-8H2,1H3,(H2,22,28)(H,24,25). The van der Waals surface area contributed by atoms with E-state index in [9.17, 15) is 4.79 Å². The lowest BCUT2D eigenvalue weighted by molar-refractivity contribution is -0.0977. The van der Waals surface area contributed by atoms with Crippen LogP contribution in [0.3, 0.4) is 0 Å². The van der Waals surface area contributed by atoms with Crippen LogP contribution in [0.15, 0.2) is 36.7 Å². The van der Waals surface area contributed by atoms with E-state index in [1.807, 2.05) is 24.4 Å². The Morgan fingerprint density at radius 2 is 2.10 bits per heavy atom. The van der Waals surface area contributed by atoms with Gasteiger partial charge in [-0.2, -0.15) is 5.10 Å². The first-order chi connectivity index (χ1) is 14.0. The van der Waals surface area contributed by atoms with E-state index in [4.69, 9.17) is 22.1 Å². The number of benzene rings is 1. The largest absolute Gasteiger partial charge is 0.494 e. The normalized spacial score (nSPS) is 21.8. The Bertz CT molecular complexity index is 1110. The van der Waals surface area contributed by atoms with Crippen LogP contribution in [0.2, 0.25) is 5.15 Å². The first-order valence-corrected chi connectivity index (χ1v) is 9.69. The van der Waals surface area contributed by atoms with E-state index in [0.717, 1.165) is 17.0 Å². The second-order valence-corrected chi connectivity index (χ2v) is 8.07. The van der Waals surface area contributed by atoms with Crippen molar-refractivity contribution in [2.45, 2.75) is 24.8 Å². The number of carbonyl (C=O) groups is 1. The molecule has 148 valence electrons. The molecule has 0 atom stereocenters. The monoisotopic (exact) mass is 410 g/mol. The third kappa shape index (κ3) is 2.82. The van der Waals surface area contributed by atoms with E-state index in [2.05, 4.69) is 31.5 Å². The number of methoxy groups -OCH3 is 1. The molecular weight excluding hydrogens is 392 g/mol. The maximum absolute atomic E-state index is 11.7. The van der Waals surface area contributed by atoms with E-state index in [1.54, 1.807) is 7.11 Å². The molecular formula is C20H19ClN6O2. The van der Waals surface area contributed by atoms with Gasteiger partial charge in [-0.3, -0.25) is 9.48 Å². The number of nitrogens with zero attached hydrogens (tertiary/aromatic N) is 4. The van der Waals surface area contributed by atoms with Crippen LogP contribution in [0.4, 0.5) is 11.4 Å². The Morgan fingerprint density at radius 3 is 2.76 bits per heavy atom. The van der Waals surface area contributed by atoms with Gasteiger partial charge in [0.05, 0.1) is 30.2 Å². The van der Waals surface area contributed by atoms with Crippen molar-refractivity contribution in [2.24, 2.45) is 11.7 Å². The summed E-state index contributed by atoms with van der Waals surface area (Å²) in [5.74, 6) is 0.796. The third-order valence-electron chi connectivity index (χ3n) is 5.87. The summed E-state index contributed by atoms with van der Waals surface area (Å²) in [6, 6.07) is 7.22. The highest BCUT2D eigenvalue weighted by Crippen LogP contribution is 2.62. The third-order valence-corrected chi connectivity index (χ3v) is 6.06. The Labute approximate surface area is 172 Å². The molecule has 6 rings (SSSR count). The molecule has 9 heteroatoms. The van der Waals surface area contributed by atoms with Crippen molar-refractivity contribution < 1.29 is 9.53 Å². The summed E-state index contributed by atoms with van der Waals surface area (Å²) >= 11 is 5.95. The van der Waals surface area contributed by atoms with Crippen molar-refractivity contribution >= 4 is 28.9 Å². The van der Waals surface area contributed by atoms with Crippen molar-refractivity contribution in [3.63, 3.8) is 0 Å². The molecule has 2 bridgehead atoms. The molecule has 2 heterocycles. The number of hydrogen-bond acceptors (Lipinski definition) is 6. The zero-order valence-corrected chi connectivity index (χ0v) is 16.5. The van der Waals surface area contributed by atoms with Crippen LogP contribution in [-0.2, 0) is 5.54 Å². The average Bonchev–Trinajstić information content (AvgIpc) is 3.08. The van der Waals surface area contributed by atoms with Gasteiger partial charge in [0.2, 0.25) is 0 Å². The maximum atomic E-state index is 11.7. The minimum absolute atomic E-state index is 0.00158. The topological polar surface area (TPSA) is 108 Å². The van der Waals surface area contributed by atoms with Crippen LogP contribution in [0, 0.1) is 5.92 Å². The molecule has 1 aromatic carbocycles. The molecule has 3 N–H and O–H groups in total. The lowest BCUT2D eigenvalue weighted by atomic mass is 9.50. The predicted octanol–water partition coefficient (Wildman–Crippen LogP) is 3.35. The van der Waals surface area contributed by atoms with E-state index < -0.39 is 5.91 Å². The van der Waals surface area contributed by atoms with Crippen LogP contribution < -0.4 is 15.8 Å². The predicted molar refractivity (Wildman–Crippen MR) is 108 cm³/mol. The summed E-state index contributed by atoms with van der Waals surface area (Å²) in [6.45, 7) is 0. The molecule has 3 fully saturated rings. The van der Waals surface area contributed by atoms with Crippen LogP contribution >= 0.6 is 11.6 Å². The number of primary amides is 1. The second-order valence-electron chi connectivity index (χ2n) is 7.68. The molecule has 0 unspecified atom stereocenters. The molecule has 0 radical (unpaired) electrons. The fraction of sp³-hybridized carbons (Fsp3) is 0.300. The van der Waals surface area contributed by atoms with Gasteiger partial charge < -0.3 is 15.8 Å². The van der Waals surface area contributed by atoms with Gasteiger partial charge >= 0.3 is 0 Å². The smallest absolute Gasteiger partial charge is 0.271 e. The van der Waals surface area contributed by atoms with Crippen molar-refractivity contribution in [3.05, 3.63) is 47.5 Å².